The molecule has 0 bridgehead atoms. The van der Waals surface area contributed by atoms with Crippen LogP contribution < -0.4 is 10.6 Å². The van der Waals surface area contributed by atoms with E-state index in [9.17, 15) is 0 Å². The molecule has 1 saturated carbocycles. The van der Waals surface area contributed by atoms with E-state index in [1.807, 2.05) is 12.3 Å². The summed E-state index contributed by atoms with van der Waals surface area (Å²) >= 11 is 0. The summed E-state index contributed by atoms with van der Waals surface area (Å²) < 4.78 is 2.08. The Bertz CT molecular complexity index is 433. The highest BCUT2D eigenvalue weighted by molar-refractivity contribution is 5.35. The normalized spacial score (nSPS) is 24.6. The number of hydrogen-bond acceptors (Lipinski definition) is 4. The molecule has 2 N–H and O–H groups in total. The molecule has 2 aliphatic rings. The van der Waals surface area contributed by atoms with Crippen LogP contribution in [-0.4, -0.2) is 53.9 Å². The number of nitrogens with one attached hydrogen (secondary N) is 2. The van der Waals surface area contributed by atoms with Crippen LogP contribution >= 0.6 is 0 Å². The summed E-state index contributed by atoms with van der Waals surface area (Å²) in [6.45, 7) is 4.26. The summed E-state index contributed by atoms with van der Waals surface area (Å²) in [5, 5.41) is 11.5. The van der Waals surface area contributed by atoms with Crippen molar-refractivity contribution in [2.75, 3.05) is 39.0 Å². The predicted molar refractivity (Wildman–Crippen MR) is 82.0 cm³/mol. The highest BCUT2D eigenvalue weighted by Crippen LogP contribution is 2.33. The Hall–Kier alpha value is -1.07. The average molecular weight is 277 g/mol. The lowest BCUT2D eigenvalue weighted by molar-refractivity contribution is 0.151. The second-order valence-electron chi connectivity index (χ2n) is 6.60. The average Bonchev–Trinajstić information content (AvgIpc) is 3.07. The first kappa shape index (κ1) is 13.9. The van der Waals surface area contributed by atoms with Gasteiger partial charge in [0.2, 0.25) is 0 Å². The summed E-state index contributed by atoms with van der Waals surface area (Å²) in [7, 11) is 4.45. The van der Waals surface area contributed by atoms with Gasteiger partial charge in [-0.2, -0.15) is 5.10 Å². The van der Waals surface area contributed by atoms with Gasteiger partial charge in [0.15, 0.2) is 0 Å². The Morgan fingerprint density at radius 3 is 3.00 bits per heavy atom. The molecule has 0 radical (unpaired) electrons. The molecule has 0 aromatic carbocycles. The Morgan fingerprint density at radius 1 is 1.45 bits per heavy atom. The molecule has 3 rings (SSSR count). The van der Waals surface area contributed by atoms with Gasteiger partial charge in [-0.1, -0.05) is 12.8 Å². The van der Waals surface area contributed by atoms with E-state index in [1.54, 1.807) is 0 Å². The van der Waals surface area contributed by atoms with Gasteiger partial charge < -0.3 is 15.5 Å². The van der Waals surface area contributed by atoms with E-state index in [2.05, 4.69) is 39.4 Å². The van der Waals surface area contributed by atoms with E-state index in [1.165, 1.54) is 25.7 Å². The molecule has 0 spiro atoms. The van der Waals surface area contributed by atoms with Crippen LogP contribution in [0.1, 0.15) is 25.7 Å². The van der Waals surface area contributed by atoms with Gasteiger partial charge in [0.05, 0.1) is 6.20 Å². The van der Waals surface area contributed by atoms with E-state index in [-0.39, 0.29) is 0 Å². The number of anilines is 1. The number of fused-ring (bicyclic) bond motifs is 1. The summed E-state index contributed by atoms with van der Waals surface area (Å²) in [5.41, 5.74) is 0.388. The zero-order chi connectivity index (χ0) is 14.0. The van der Waals surface area contributed by atoms with Gasteiger partial charge in [-0.25, -0.2) is 4.68 Å². The van der Waals surface area contributed by atoms with Crippen molar-refractivity contribution in [2.45, 2.75) is 37.8 Å². The lowest BCUT2D eigenvalue weighted by atomic mass is 9.95. The molecule has 20 heavy (non-hydrogen) atoms. The quantitative estimate of drug-likeness (QED) is 0.854. The van der Waals surface area contributed by atoms with Crippen molar-refractivity contribution in [3.63, 3.8) is 0 Å². The van der Waals surface area contributed by atoms with Crippen LogP contribution in [0.2, 0.25) is 0 Å². The number of likely N-dealkylation sites (N-methyl/N-ethyl adjacent to an activating group) is 1. The number of rotatable bonds is 5. The lowest BCUT2D eigenvalue weighted by Crippen LogP contribution is -2.51. The van der Waals surface area contributed by atoms with Gasteiger partial charge >= 0.3 is 0 Å². The Labute approximate surface area is 121 Å². The van der Waals surface area contributed by atoms with Crippen LogP contribution in [0, 0.1) is 5.92 Å². The molecule has 1 aliphatic heterocycles. The fourth-order valence-corrected chi connectivity index (χ4v) is 3.65. The zero-order valence-corrected chi connectivity index (χ0v) is 12.7. The monoisotopic (exact) mass is 277 g/mol. The number of nitrogens with zero attached hydrogens (tertiary/aromatic N) is 3. The van der Waals surface area contributed by atoms with Gasteiger partial charge in [0.25, 0.3) is 0 Å². The second-order valence-corrected chi connectivity index (χ2v) is 6.60. The van der Waals surface area contributed by atoms with Crippen LogP contribution in [0.25, 0.3) is 0 Å². The first-order valence-corrected chi connectivity index (χ1v) is 7.83. The molecular formula is C15H27N5. The smallest absolute Gasteiger partial charge is 0.124 e. The summed E-state index contributed by atoms with van der Waals surface area (Å²) in [4.78, 5) is 2.43. The van der Waals surface area contributed by atoms with Crippen molar-refractivity contribution in [1.29, 1.82) is 0 Å². The van der Waals surface area contributed by atoms with E-state index in [0.717, 1.165) is 32.0 Å². The molecule has 5 nitrogen and oxygen atoms in total. The Balaban J connectivity index is 1.48. The third kappa shape index (κ3) is 2.69. The minimum Gasteiger partial charge on any atom is -0.370 e. The predicted octanol–water partition coefficient (Wildman–Crippen LogP) is 1.39. The Morgan fingerprint density at radius 2 is 2.25 bits per heavy atom. The summed E-state index contributed by atoms with van der Waals surface area (Å²) in [6, 6.07) is 2.04. The number of hydrogen-bond donors (Lipinski definition) is 2. The van der Waals surface area contributed by atoms with E-state index in [4.69, 9.17) is 0 Å². The molecule has 1 aromatic heterocycles. The van der Waals surface area contributed by atoms with Crippen molar-refractivity contribution >= 4 is 5.82 Å². The topological polar surface area (TPSA) is 45.1 Å². The van der Waals surface area contributed by atoms with Gasteiger partial charge in [0, 0.05) is 43.7 Å². The molecular weight excluding hydrogens is 250 g/mol. The highest BCUT2D eigenvalue weighted by atomic mass is 15.3. The fourth-order valence-electron chi connectivity index (χ4n) is 3.65. The van der Waals surface area contributed by atoms with E-state index < -0.39 is 0 Å². The maximum Gasteiger partial charge on any atom is 0.124 e. The van der Waals surface area contributed by atoms with Crippen molar-refractivity contribution in [1.82, 2.24) is 20.0 Å². The minimum absolute atomic E-state index is 0.388. The van der Waals surface area contributed by atoms with Crippen LogP contribution in [0.3, 0.4) is 0 Å². The van der Waals surface area contributed by atoms with Crippen molar-refractivity contribution < 1.29 is 0 Å². The molecule has 112 valence electrons. The fraction of sp³-hybridized carbons (Fsp3) is 0.800. The third-order valence-corrected chi connectivity index (χ3v) is 5.09. The molecule has 1 aromatic rings. The molecule has 2 heterocycles. The van der Waals surface area contributed by atoms with Gasteiger partial charge in [-0.3, -0.25) is 0 Å². The number of aromatic nitrogens is 2. The summed E-state index contributed by atoms with van der Waals surface area (Å²) in [6.07, 6.45) is 7.29. The van der Waals surface area contributed by atoms with Crippen molar-refractivity contribution in [3.05, 3.63) is 12.3 Å². The first-order chi connectivity index (χ1) is 9.70. The molecule has 1 fully saturated rings. The van der Waals surface area contributed by atoms with Gasteiger partial charge in [0.1, 0.15) is 5.82 Å². The molecule has 0 saturated heterocycles. The standard InChI is InChI=1S/C15H27N5/c1-19(2)15(6-3-4-7-15)12-16-9-13-10-17-14-5-8-18-20(14)11-13/h5,8,13,16-17H,3-4,6-7,9-12H2,1-2H3. The maximum atomic E-state index is 4.35. The largest absolute Gasteiger partial charge is 0.370 e. The molecule has 1 unspecified atom stereocenters. The zero-order valence-electron chi connectivity index (χ0n) is 12.7. The molecule has 5 heteroatoms. The van der Waals surface area contributed by atoms with Gasteiger partial charge in [-0.05, 0) is 26.9 Å². The van der Waals surface area contributed by atoms with E-state index in [0.29, 0.717) is 11.5 Å². The van der Waals surface area contributed by atoms with Crippen LogP contribution in [-0.2, 0) is 6.54 Å². The minimum atomic E-state index is 0.388. The second kappa shape index (κ2) is 5.74. The van der Waals surface area contributed by atoms with Crippen LogP contribution in [0.5, 0.6) is 0 Å². The molecule has 0 amide bonds. The SMILES string of the molecule is CN(C)C1(CNCC2CNc3ccnn3C2)CCCC1. The molecule has 1 aliphatic carbocycles. The third-order valence-electron chi connectivity index (χ3n) is 5.09. The van der Waals surface area contributed by atoms with E-state index >= 15 is 0 Å². The van der Waals surface area contributed by atoms with Crippen molar-refractivity contribution in [3.8, 4) is 0 Å². The van der Waals surface area contributed by atoms with Crippen LogP contribution in [0.4, 0.5) is 5.82 Å². The van der Waals surface area contributed by atoms with Crippen LogP contribution in [0.15, 0.2) is 12.3 Å². The van der Waals surface area contributed by atoms with Gasteiger partial charge in [-0.15, -0.1) is 0 Å². The maximum absolute atomic E-state index is 4.35. The van der Waals surface area contributed by atoms with Crippen molar-refractivity contribution in [2.24, 2.45) is 5.92 Å². The Kier molecular flexibility index (Phi) is 3.98. The highest BCUT2D eigenvalue weighted by Gasteiger charge is 2.35. The first-order valence-electron chi connectivity index (χ1n) is 7.83. The molecule has 1 atom stereocenters. The summed E-state index contributed by atoms with van der Waals surface area (Å²) in [5.74, 6) is 1.78. The lowest BCUT2D eigenvalue weighted by Gasteiger charge is -2.37.